The van der Waals surface area contributed by atoms with E-state index in [0.29, 0.717) is 0 Å². The second-order valence-corrected chi connectivity index (χ2v) is 11.8. The van der Waals surface area contributed by atoms with Gasteiger partial charge < -0.3 is 17.8 Å². The second kappa shape index (κ2) is 5.74. The lowest BCUT2D eigenvalue weighted by atomic mass is 10.5. The highest BCUT2D eigenvalue weighted by Gasteiger charge is 2.45. The Hall–Kier alpha value is 0.274. The molecule has 1 fully saturated rings. The normalized spacial score (nSPS) is 27.6. The van der Waals surface area contributed by atoms with E-state index in [0.717, 1.165) is 19.3 Å². The molecule has 0 aromatic heterocycles. The van der Waals surface area contributed by atoms with E-state index < -0.39 is 17.0 Å². The van der Waals surface area contributed by atoms with Crippen LogP contribution in [0.1, 0.15) is 13.3 Å². The monoisotopic (exact) mass is 263 g/mol. The van der Waals surface area contributed by atoms with Crippen molar-refractivity contribution in [3.8, 4) is 0 Å². The predicted molar refractivity (Wildman–Crippen MR) is 69.9 cm³/mol. The molecule has 96 valence electrons. The molecule has 0 aliphatic carbocycles. The van der Waals surface area contributed by atoms with E-state index in [-0.39, 0.29) is 0 Å². The minimum atomic E-state index is -2.00. The van der Waals surface area contributed by atoms with Crippen LogP contribution in [-0.4, -0.2) is 55.1 Å². The van der Waals surface area contributed by atoms with Crippen LogP contribution in [0.2, 0.25) is 19.1 Å². The second-order valence-electron chi connectivity index (χ2n) is 4.68. The van der Waals surface area contributed by atoms with Crippen LogP contribution < -0.4 is 0 Å². The molecule has 16 heavy (non-hydrogen) atoms. The maximum absolute atomic E-state index is 6.01. The Bertz CT molecular complexity index is 226. The van der Waals surface area contributed by atoms with Gasteiger partial charge in [-0.15, -0.1) is 0 Å². The molecule has 1 heterocycles. The zero-order valence-corrected chi connectivity index (χ0v) is 13.2. The van der Waals surface area contributed by atoms with Crippen LogP contribution in [0.5, 0.6) is 0 Å². The zero-order chi connectivity index (χ0) is 12.2. The fourth-order valence-electron chi connectivity index (χ4n) is 2.27. The molecular formula is C10H25NO3Si2. The third kappa shape index (κ3) is 3.15. The molecule has 0 aromatic carbocycles. The molecule has 0 bridgehead atoms. The topological polar surface area (TPSA) is 30.9 Å². The quantitative estimate of drug-likeness (QED) is 0.683. The van der Waals surface area contributed by atoms with Crippen molar-refractivity contribution in [3.05, 3.63) is 0 Å². The van der Waals surface area contributed by atoms with E-state index in [9.17, 15) is 0 Å². The van der Waals surface area contributed by atoms with Gasteiger partial charge in [-0.1, -0.05) is 0 Å². The van der Waals surface area contributed by atoms with Crippen molar-refractivity contribution in [1.82, 2.24) is 4.57 Å². The highest BCUT2D eigenvalue weighted by Crippen LogP contribution is 2.28. The fraction of sp³-hybridized carbons (Fsp3) is 1.00. The number of nitrogens with zero attached hydrogens (tertiary/aromatic N) is 1. The third-order valence-electron chi connectivity index (χ3n) is 3.53. The molecule has 1 unspecified atom stereocenters. The van der Waals surface area contributed by atoms with Crippen molar-refractivity contribution in [1.29, 1.82) is 0 Å². The first-order valence-corrected chi connectivity index (χ1v) is 11.1. The molecule has 1 atom stereocenters. The highest BCUT2D eigenvalue weighted by molar-refractivity contribution is 6.73. The molecule has 1 rings (SSSR count). The Kier molecular flexibility index (Phi) is 5.15. The van der Waals surface area contributed by atoms with Crippen molar-refractivity contribution in [2.75, 3.05) is 33.5 Å². The summed E-state index contributed by atoms with van der Waals surface area (Å²) < 4.78 is 19.6. The van der Waals surface area contributed by atoms with Crippen molar-refractivity contribution < 1.29 is 13.3 Å². The molecule has 0 N–H and O–H groups in total. The molecule has 6 heteroatoms. The van der Waals surface area contributed by atoms with Crippen LogP contribution in [-0.2, 0) is 13.3 Å². The maximum Gasteiger partial charge on any atom is 0.348 e. The van der Waals surface area contributed by atoms with E-state index in [1.807, 2.05) is 0 Å². The van der Waals surface area contributed by atoms with Gasteiger partial charge in [0.05, 0.1) is 0 Å². The third-order valence-corrected chi connectivity index (χ3v) is 10.4. The van der Waals surface area contributed by atoms with E-state index >= 15 is 0 Å². The van der Waals surface area contributed by atoms with Crippen molar-refractivity contribution in [3.63, 3.8) is 0 Å². The fourth-order valence-corrected chi connectivity index (χ4v) is 8.46. The molecule has 4 nitrogen and oxygen atoms in total. The van der Waals surface area contributed by atoms with Crippen molar-refractivity contribution in [2.45, 2.75) is 32.5 Å². The summed E-state index contributed by atoms with van der Waals surface area (Å²) in [6, 6.07) is 1.23. The van der Waals surface area contributed by atoms with Gasteiger partial charge in [-0.3, -0.25) is 0 Å². The summed E-state index contributed by atoms with van der Waals surface area (Å²) >= 11 is 0. The SMILES string of the molecule is CCO[Si]1(C)CCCN1C[Si](C)(OC)OC. The summed E-state index contributed by atoms with van der Waals surface area (Å²) in [4.78, 5) is 0. The van der Waals surface area contributed by atoms with Gasteiger partial charge in [-0.25, -0.2) is 0 Å². The Labute approximate surface area is 101 Å². The molecule has 0 saturated carbocycles. The molecule has 0 aromatic rings. The highest BCUT2D eigenvalue weighted by atomic mass is 28.4. The van der Waals surface area contributed by atoms with Crippen LogP contribution in [0.15, 0.2) is 0 Å². The number of hydrogen-bond donors (Lipinski definition) is 0. The first-order chi connectivity index (χ1) is 7.49. The molecule has 1 aliphatic heterocycles. The molecule has 1 aliphatic rings. The van der Waals surface area contributed by atoms with E-state index in [1.54, 1.807) is 14.2 Å². The molecular weight excluding hydrogens is 238 g/mol. The number of hydrogen-bond acceptors (Lipinski definition) is 4. The summed E-state index contributed by atoms with van der Waals surface area (Å²) in [5, 5.41) is 0. The molecule has 1 saturated heterocycles. The van der Waals surface area contributed by atoms with E-state index in [4.69, 9.17) is 13.3 Å². The van der Waals surface area contributed by atoms with Gasteiger partial charge in [-0.05, 0) is 39.0 Å². The lowest BCUT2D eigenvalue weighted by Gasteiger charge is -2.36. The lowest BCUT2D eigenvalue weighted by molar-refractivity contribution is 0.221. The van der Waals surface area contributed by atoms with E-state index in [2.05, 4.69) is 24.6 Å². The van der Waals surface area contributed by atoms with Gasteiger partial charge in [0.1, 0.15) is 0 Å². The molecule has 0 radical (unpaired) electrons. The van der Waals surface area contributed by atoms with Crippen LogP contribution in [0.4, 0.5) is 0 Å². The van der Waals surface area contributed by atoms with Gasteiger partial charge in [0, 0.05) is 27.0 Å². The van der Waals surface area contributed by atoms with Crippen LogP contribution in [0, 0.1) is 0 Å². The van der Waals surface area contributed by atoms with Gasteiger partial charge in [0.2, 0.25) is 0 Å². The van der Waals surface area contributed by atoms with Gasteiger partial charge in [0.15, 0.2) is 0 Å². The average Bonchev–Trinajstić information content (AvgIpc) is 2.60. The summed E-state index contributed by atoms with van der Waals surface area (Å²) in [6.07, 6.45) is 2.18. The van der Waals surface area contributed by atoms with Crippen molar-refractivity contribution in [2.24, 2.45) is 0 Å². The Balaban J connectivity index is 2.65. The zero-order valence-electron chi connectivity index (χ0n) is 11.2. The number of rotatable bonds is 6. The summed E-state index contributed by atoms with van der Waals surface area (Å²) in [5.41, 5.74) is 0. The first kappa shape index (κ1) is 14.3. The summed E-state index contributed by atoms with van der Waals surface area (Å²) in [7, 11) is -0.139. The van der Waals surface area contributed by atoms with Gasteiger partial charge in [-0.2, -0.15) is 0 Å². The smallest absolute Gasteiger partial charge is 0.348 e. The van der Waals surface area contributed by atoms with Gasteiger partial charge >= 0.3 is 8.56 Å². The minimum absolute atomic E-state index is 0.817. The molecule has 0 spiro atoms. The predicted octanol–water partition coefficient (Wildman–Crippen LogP) is 1.70. The first-order valence-electron chi connectivity index (χ1n) is 5.99. The minimum Gasteiger partial charge on any atom is -0.403 e. The van der Waals surface area contributed by atoms with Gasteiger partial charge in [0.25, 0.3) is 8.48 Å². The largest absolute Gasteiger partial charge is 0.403 e. The van der Waals surface area contributed by atoms with Crippen LogP contribution >= 0.6 is 0 Å². The van der Waals surface area contributed by atoms with Crippen molar-refractivity contribution >= 4 is 17.0 Å². The summed E-state index contributed by atoms with van der Waals surface area (Å²) in [5.74, 6) is 0. The Morgan fingerprint density at radius 1 is 1.31 bits per heavy atom. The average molecular weight is 263 g/mol. The Morgan fingerprint density at radius 3 is 2.44 bits per heavy atom. The van der Waals surface area contributed by atoms with E-state index in [1.165, 1.54) is 12.5 Å². The van der Waals surface area contributed by atoms with Crippen LogP contribution in [0.25, 0.3) is 0 Å². The lowest BCUT2D eigenvalue weighted by Crippen LogP contribution is -2.57. The molecule has 0 amide bonds. The summed E-state index contributed by atoms with van der Waals surface area (Å²) in [6.45, 7) is 8.46. The van der Waals surface area contributed by atoms with Crippen LogP contribution in [0.3, 0.4) is 0 Å². The Morgan fingerprint density at radius 2 is 1.94 bits per heavy atom. The maximum atomic E-state index is 6.01. The standard InChI is InChI=1S/C10H25NO3Si2/c1-6-14-15(4)9-7-8-11(15)10-16(5,12-2)13-3/h6-10H2,1-5H3.